The highest BCUT2D eigenvalue weighted by Gasteiger charge is 2.14. The molecule has 0 aliphatic rings. The van der Waals surface area contributed by atoms with Crippen molar-refractivity contribution in [3.8, 4) is 11.6 Å². The van der Waals surface area contributed by atoms with Gasteiger partial charge in [0.15, 0.2) is 0 Å². The van der Waals surface area contributed by atoms with E-state index in [2.05, 4.69) is 36.2 Å². The topological polar surface area (TPSA) is 73.3 Å². The molecule has 0 unspecified atom stereocenters. The molecular weight excluding hydrogens is 350 g/mol. The van der Waals surface area contributed by atoms with Gasteiger partial charge in [0.2, 0.25) is 11.2 Å². The molecule has 8 heteroatoms. The predicted octanol–water partition coefficient (Wildman–Crippen LogP) is 2.98. The number of aromatic nitrogens is 2. The smallest absolute Gasteiger partial charge is 0.278 e. The Morgan fingerprint density at radius 2 is 2.15 bits per heavy atom. The molecule has 1 amide bonds. The van der Waals surface area contributed by atoms with E-state index in [9.17, 15) is 4.79 Å². The number of carbonyl (C=O) groups is 1. The monoisotopic (exact) mass is 357 g/mol. The summed E-state index contributed by atoms with van der Waals surface area (Å²) in [5, 5.41) is 0.0435. The van der Waals surface area contributed by atoms with E-state index >= 15 is 0 Å². The molecule has 0 saturated heterocycles. The van der Waals surface area contributed by atoms with Crippen LogP contribution in [0.1, 0.15) is 10.4 Å². The summed E-state index contributed by atoms with van der Waals surface area (Å²) < 4.78 is 6.11. The molecule has 0 spiro atoms. The van der Waals surface area contributed by atoms with Crippen LogP contribution < -0.4 is 10.2 Å². The van der Waals surface area contributed by atoms with Gasteiger partial charge in [0.1, 0.15) is 5.75 Å². The van der Waals surface area contributed by atoms with Gasteiger partial charge in [0.25, 0.3) is 5.91 Å². The first-order valence-corrected chi connectivity index (χ1v) is 6.57. The van der Waals surface area contributed by atoms with Gasteiger partial charge in [-0.3, -0.25) is 9.63 Å². The van der Waals surface area contributed by atoms with Crippen molar-refractivity contribution >= 4 is 33.4 Å². The minimum Gasteiger partial charge on any atom is -0.437 e. The number of para-hydroxylation sites is 1. The van der Waals surface area contributed by atoms with Crippen molar-refractivity contribution in [3.63, 3.8) is 0 Å². The molecule has 1 N–H and O–H groups in total. The van der Waals surface area contributed by atoms with Crippen LogP contribution in [0.25, 0.3) is 0 Å². The zero-order chi connectivity index (χ0) is 14.5. The molecule has 0 aliphatic heterocycles. The standard InChI is InChI=1S/C12H9BrClN3O3/c1-19-17-10(18)7-4-2-3-5-9(7)20-11-8(13)6-15-12(14)16-11/h2-6H,1H3,(H,17,18). The average Bonchev–Trinajstić information content (AvgIpc) is 2.44. The number of amides is 1. The minimum atomic E-state index is -0.431. The van der Waals surface area contributed by atoms with E-state index in [0.717, 1.165) is 0 Å². The molecule has 0 saturated carbocycles. The molecule has 0 atom stereocenters. The van der Waals surface area contributed by atoms with E-state index in [-0.39, 0.29) is 11.2 Å². The first-order valence-electron chi connectivity index (χ1n) is 5.40. The minimum absolute atomic E-state index is 0.0435. The van der Waals surface area contributed by atoms with Crippen molar-refractivity contribution in [1.29, 1.82) is 0 Å². The highest BCUT2D eigenvalue weighted by atomic mass is 79.9. The number of hydroxylamine groups is 1. The zero-order valence-corrected chi connectivity index (χ0v) is 12.6. The third-order valence-electron chi connectivity index (χ3n) is 2.22. The number of carbonyl (C=O) groups excluding carboxylic acids is 1. The van der Waals surface area contributed by atoms with Crippen LogP contribution in [0.5, 0.6) is 11.6 Å². The summed E-state index contributed by atoms with van der Waals surface area (Å²) in [6, 6.07) is 6.67. The van der Waals surface area contributed by atoms with Crippen LogP contribution in [-0.2, 0) is 4.84 Å². The van der Waals surface area contributed by atoms with Crippen LogP contribution >= 0.6 is 27.5 Å². The lowest BCUT2D eigenvalue weighted by molar-refractivity contribution is 0.0535. The molecule has 0 aliphatic carbocycles. The number of hydrogen-bond acceptors (Lipinski definition) is 5. The van der Waals surface area contributed by atoms with Gasteiger partial charge >= 0.3 is 0 Å². The molecule has 0 fully saturated rings. The Morgan fingerprint density at radius 1 is 1.40 bits per heavy atom. The highest BCUT2D eigenvalue weighted by molar-refractivity contribution is 9.10. The van der Waals surface area contributed by atoms with Gasteiger partial charge in [-0.15, -0.1) is 0 Å². The number of halogens is 2. The number of ether oxygens (including phenoxy) is 1. The average molecular weight is 359 g/mol. The van der Waals surface area contributed by atoms with E-state index in [1.165, 1.54) is 13.3 Å². The normalized spacial score (nSPS) is 10.2. The molecule has 1 heterocycles. The fraction of sp³-hybridized carbons (Fsp3) is 0.0833. The Kier molecular flexibility index (Phi) is 4.89. The van der Waals surface area contributed by atoms with Crippen molar-refractivity contribution in [3.05, 3.63) is 45.8 Å². The summed E-state index contributed by atoms with van der Waals surface area (Å²) in [4.78, 5) is 24.1. The second kappa shape index (κ2) is 6.65. The molecule has 104 valence electrons. The third-order valence-corrected chi connectivity index (χ3v) is 2.94. The van der Waals surface area contributed by atoms with E-state index in [1.54, 1.807) is 24.3 Å². The molecule has 2 rings (SSSR count). The van der Waals surface area contributed by atoms with Crippen molar-refractivity contribution in [2.75, 3.05) is 7.11 Å². The lowest BCUT2D eigenvalue weighted by Crippen LogP contribution is -2.22. The second-order valence-corrected chi connectivity index (χ2v) is 4.72. The highest BCUT2D eigenvalue weighted by Crippen LogP contribution is 2.29. The van der Waals surface area contributed by atoms with Gasteiger partial charge in [0.05, 0.1) is 17.1 Å². The van der Waals surface area contributed by atoms with Crippen LogP contribution in [0.3, 0.4) is 0 Å². The van der Waals surface area contributed by atoms with E-state index in [4.69, 9.17) is 16.3 Å². The molecule has 2 aromatic rings. The maximum absolute atomic E-state index is 11.8. The summed E-state index contributed by atoms with van der Waals surface area (Å²) in [7, 11) is 1.35. The number of rotatable bonds is 4. The van der Waals surface area contributed by atoms with Gasteiger partial charge in [-0.1, -0.05) is 12.1 Å². The summed E-state index contributed by atoms with van der Waals surface area (Å²) in [6.07, 6.45) is 1.46. The SMILES string of the molecule is CONC(=O)c1ccccc1Oc1nc(Cl)ncc1Br. The summed E-state index contributed by atoms with van der Waals surface area (Å²) in [5.41, 5.74) is 2.53. The van der Waals surface area contributed by atoms with E-state index < -0.39 is 5.91 Å². The molecule has 1 aromatic heterocycles. The van der Waals surface area contributed by atoms with Crippen molar-refractivity contribution in [2.45, 2.75) is 0 Å². The largest absolute Gasteiger partial charge is 0.437 e. The van der Waals surface area contributed by atoms with Gasteiger partial charge in [0, 0.05) is 6.20 Å². The Hall–Kier alpha value is -1.70. The maximum Gasteiger partial charge on any atom is 0.278 e. The van der Waals surface area contributed by atoms with Crippen molar-refractivity contribution < 1.29 is 14.4 Å². The van der Waals surface area contributed by atoms with Gasteiger partial charge < -0.3 is 4.74 Å². The Labute approximate surface area is 128 Å². The van der Waals surface area contributed by atoms with Crippen LogP contribution in [0.15, 0.2) is 34.9 Å². The van der Waals surface area contributed by atoms with Gasteiger partial charge in [-0.05, 0) is 39.7 Å². The third kappa shape index (κ3) is 3.44. The second-order valence-electron chi connectivity index (χ2n) is 3.53. The molecule has 1 aromatic carbocycles. The number of nitrogens with zero attached hydrogens (tertiary/aromatic N) is 2. The summed E-state index contributed by atoms with van der Waals surface area (Å²) in [5.74, 6) is 0.0968. The fourth-order valence-corrected chi connectivity index (χ4v) is 1.80. The molecule has 0 bridgehead atoms. The Balaban J connectivity index is 2.34. The molecule has 6 nitrogen and oxygen atoms in total. The van der Waals surface area contributed by atoms with E-state index in [1.807, 2.05) is 0 Å². The summed E-state index contributed by atoms with van der Waals surface area (Å²) >= 11 is 8.96. The van der Waals surface area contributed by atoms with Crippen LogP contribution in [0, 0.1) is 0 Å². The van der Waals surface area contributed by atoms with Gasteiger partial charge in [-0.25, -0.2) is 10.5 Å². The number of hydrogen-bond donors (Lipinski definition) is 1. The van der Waals surface area contributed by atoms with Crippen molar-refractivity contribution in [1.82, 2.24) is 15.4 Å². The molecule has 0 radical (unpaired) electrons. The maximum atomic E-state index is 11.8. The first-order chi connectivity index (χ1) is 9.61. The molecule has 20 heavy (non-hydrogen) atoms. The number of benzene rings is 1. The number of nitrogens with one attached hydrogen (secondary N) is 1. The van der Waals surface area contributed by atoms with Crippen molar-refractivity contribution in [2.24, 2.45) is 0 Å². The Bertz CT molecular complexity index is 639. The lowest BCUT2D eigenvalue weighted by atomic mass is 10.2. The van der Waals surface area contributed by atoms with Crippen LogP contribution in [-0.4, -0.2) is 23.0 Å². The molecular formula is C12H9BrClN3O3. The fourth-order valence-electron chi connectivity index (χ4n) is 1.40. The van der Waals surface area contributed by atoms with Gasteiger partial charge in [-0.2, -0.15) is 4.98 Å². The van der Waals surface area contributed by atoms with Crippen LogP contribution in [0.4, 0.5) is 0 Å². The van der Waals surface area contributed by atoms with Crippen LogP contribution in [0.2, 0.25) is 5.28 Å². The predicted molar refractivity (Wildman–Crippen MR) is 75.7 cm³/mol. The Morgan fingerprint density at radius 3 is 2.90 bits per heavy atom. The quantitative estimate of drug-likeness (QED) is 0.672. The lowest BCUT2D eigenvalue weighted by Gasteiger charge is -2.10. The summed E-state index contributed by atoms with van der Waals surface area (Å²) in [6.45, 7) is 0. The zero-order valence-electron chi connectivity index (χ0n) is 10.3. The first kappa shape index (κ1) is 14.7. The van der Waals surface area contributed by atoms with E-state index in [0.29, 0.717) is 15.8 Å².